The molecule has 2 aromatic rings. The third-order valence-corrected chi connectivity index (χ3v) is 4.07. The first-order valence-electron chi connectivity index (χ1n) is 6.22. The lowest BCUT2D eigenvalue weighted by atomic mass is 10.2. The van der Waals surface area contributed by atoms with Gasteiger partial charge in [0.1, 0.15) is 11.3 Å². The molecule has 0 amide bonds. The van der Waals surface area contributed by atoms with Crippen LogP contribution in [0.4, 0.5) is 5.82 Å². The number of anilines is 1. The van der Waals surface area contributed by atoms with Gasteiger partial charge in [0.05, 0.1) is 0 Å². The summed E-state index contributed by atoms with van der Waals surface area (Å²) in [5.74, 6) is 2.21. The smallest absolute Gasteiger partial charge is 0.180 e. The van der Waals surface area contributed by atoms with Gasteiger partial charge in [0.25, 0.3) is 0 Å². The number of pyridine rings is 1. The van der Waals surface area contributed by atoms with Gasteiger partial charge in [0.15, 0.2) is 5.65 Å². The van der Waals surface area contributed by atoms with Crippen LogP contribution < -0.4 is 4.90 Å². The van der Waals surface area contributed by atoms with Crippen LogP contribution in [0.2, 0.25) is 0 Å². The summed E-state index contributed by atoms with van der Waals surface area (Å²) in [6.07, 6.45) is 8.08. The predicted octanol–water partition coefficient (Wildman–Crippen LogP) is 2.36. The Morgan fingerprint density at radius 2 is 2.22 bits per heavy atom. The van der Waals surface area contributed by atoms with Crippen molar-refractivity contribution in [3.05, 3.63) is 24.5 Å². The molecular weight excluding hydrogens is 244 g/mol. The molecule has 2 aromatic heterocycles. The number of rotatable bonds is 3. The highest BCUT2D eigenvalue weighted by Crippen LogP contribution is 2.26. The van der Waals surface area contributed by atoms with E-state index >= 15 is 0 Å². The number of fused-ring (bicyclic) bond motifs is 1. The molecule has 0 aliphatic carbocycles. The first-order valence-corrected chi connectivity index (χ1v) is 7.61. The largest absolute Gasteiger partial charge is 0.353 e. The molecule has 1 atom stereocenters. The van der Waals surface area contributed by atoms with Gasteiger partial charge in [-0.1, -0.05) is 0 Å². The molecule has 1 aliphatic rings. The number of nitrogens with zero attached hydrogens (tertiary/aromatic N) is 4. The zero-order valence-electron chi connectivity index (χ0n) is 10.4. The van der Waals surface area contributed by atoms with Crippen LogP contribution in [0.5, 0.6) is 0 Å². The van der Waals surface area contributed by atoms with Crippen molar-refractivity contribution < 1.29 is 0 Å². The van der Waals surface area contributed by atoms with E-state index in [1.165, 1.54) is 18.6 Å². The zero-order valence-corrected chi connectivity index (χ0v) is 11.2. The average molecular weight is 260 g/mol. The van der Waals surface area contributed by atoms with Crippen LogP contribution in [-0.2, 0) is 0 Å². The fraction of sp³-hybridized carbons (Fsp3) is 0.462. The van der Waals surface area contributed by atoms with E-state index in [2.05, 4.69) is 32.2 Å². The summed E-state index contributed by atoms with van der Waals surface area (Å²) in [5.41, 5.74) is 1.60. The molecule has 1 unspecified atom stereocenters. The van der Waals surface area contributed by atoms with Crippen molar-refractivity contribution >= 4 is 28.7 Å². The molecule has 0 spiro atoms. The molecule has 0 aromatic carbocycles. The van der Waals surface area contributed by atoms with E-state index in [0.717, 1.165) is 23.5 Å². The lowest BCUT2D eigenvalue weighted by Crippen LogP contribution is -2.31. The second-order valence-electron chi connectivity index (χ2n) is 4.51. The minimum absolute atomic E-state index is 0.613. The molecule has 94 valence electrons. The topological polar surface area (TPSA) is 41.9 Å². The van der Waals surface area contributed by atoms with E-state index in [0.29, 0.717) is 6.04 Å². The molecule has 1 aliphatic heterocycles. The Morgan fingerprint density at radius 1 is 1.33 bits per heavy atom. The van der Waals surface area contributed by atoms with Crippen molar-refractivity contribution in [2.45, 2.75) is 18.9 Å². The predicted molar refractivity (Wildman–Crippen MR) is 76.1 cm³/mol. The van der Waals surface area contributed by atoms with Gasteiger partial charge in [0.2, 0.25) is 0 Å². The molecule has 3 rings (SSSR count). The van der Waals surface area contributed by atoms with E-state index in [-0.39, 0.29) is 0 Å². The normalized spacial score (nSPS) is 19.6. The molecule has 0 radical (unpaired) electrons. The van der Waals surface area contributed by atoms with Gasteiger partial charge in [-0.05, 0) is 31.2 Å². The Hall–Kier alpha value is -1.36. The van der Waals surface area contributed by atoms with E-state index in [9.17, 15) is 0 Å². The fourth-order valence-corrected chi connectivity index (χ4v) is 3.24. The summed E-state index contributed by atoms with van der Waals surface area (Å²) in [5, 5.41) is 0. The first-order chi connectivity index (χ1) is 8.88. The summed E-state index contributed by atoms with van der Waals surface area (Å²) >= 11 is 1.90. The Kier molecular flexibility index (Phi) is 3.32. The molecule has 1 saturated heterocycles. The van der Waals surface area contributed by atoms with Crippen LogP contribution in [-0.4, -0.2) is 39.5 Å². The number of hydrogen-bond donors (Lipinski definition) is 0. The maximum Gasteiger partial charge on any atom is 0.180 e. The van der Waals surface area contributed by atoms with E-state index in [1.807, 2.05) is 17.8 Å². The number of aromatic nitrogens is 3. The quantitative estimate of drug-likeness (QED) is 0.847. The Labute approximate surface area is 111 Å². The second kappa shape index (κ2) is 5.10. The van der Waals surface area contributed by atoms with Gasteiger partial charge in [0, 0.05) is 30.7 Å². The van der Waals surface area contributed by atoms with Gasteiger partial charge in [-0.15, -0.1) is 0 Å². The van der Waals surface area contributed by atoms with Gasteiger partial charge < -0.3 is 4.90 Å². The molecule has 4 nitrogen and oxygen atoms in total. The Bertz CT molecular complexity index is 545. The molecule has 0 saturated carbocycles. The maximum atomic E-state index is 4.63. The maximum absolute atomic E-state index is 4.63. The summed E-state index contributed by atoms with van der Waals surface area (Å²) < 4.78 is 0. The molecule has 0 N–H and O–H groups in total. The SMILES string of the molecule is CSCC1CCCN1c1ccc2nccnc2n1. The molecule has 18 heavy (non-hydrogen) atoms. The summed E-state index contributed by atoms with van der Waals surface area (Å²) in [7, 11) is 0. The third-order valence-electron chi connectivity index (χ3n) is 3.35. The van der Waals surface area contributed by atoms with Crippen LogP contribution in [0, 0.1) is 0 Å². The number of hydrogen-bond acceptors (Lipinski definition) is 5. The third kappa shape index (κ3) is 2.14. The zero-order chi connectivity index (χ0) is 12.4. The monoisotopic (exact) mass is 260 g/mol. The highest BCUT2D eigenvalue weighted by atomic mass is 32.2. The summed E-state index contributed by atoms with van der Waals surface area (Å²) in [6, 6.07) is 4.69. The van der Waals surface area contributed by atoms with E-state index in [1.54, 1.807) is 12.4 Å². The van der Waals surface area contributed by atoms with Crippen molar-refractivity contribution in [2.75, 3.05) is 23.5 Å². The molecule has 3 heterocycles. The standard InChI is InChI=1S/C13H16N4S/c1-18-9-10-3-2-8-17(10)12-5-4-11-13(16-12)15-7-6-14-11/h4-7,10H,2-3,8-9H2,1H3. The van der Waals surface area contributed by atoms with Crippen LogP contribution in [0.1, 0.15) is 12.8 Å². The molecule has 5 heteroatoms. The Balaban J connectivity index is 1.93. The van der Waals surface area contributed by atoms with Crippen molar-refractivity contribution in [3.63, 3.8) is 0 Å². The highest BCUT2D eigenvalue weighted by molar-refractivity contribution is 7.98. The summed E-state index contributed by atoms with van der Waals surface area (Å²) in [4.78, 5) is 15.6. The van der Waals surface area contributed by atoms with E-state index in [4.69, 9.17) is 0 Å². The lowest BCUT2D eigenvalue weighted by molar-refractivity contribution is 0.739. The van der Waals surface area contributed by atoms with Gasteiger partial charge >= 0.3 is 0 Å². The lowest BCUT2D eigenvalue weighted by Gasteiger charge is -2.25. The minimum atomic E-state index is 0.613. The summed E-state index contributed by atoms with van der Waals surface area (Å²) in [6.45, 7) is 1.10. The molecular formula is C13H16N4S. The van der Waals surface area contributed by atoms with Crippen LogP contribution >= 0.6 is 11.8 Å². The van der Waals surface area contributed by atoms with Gasteiger partial charge in [-0.3, -0.25) is 4.98 Å². The van der Waals surface area contributed by atoms with Crippen molar-refractivity contribution in [3.8, 4) is 0 Å². The van der Waals surface area contributed by atoms with E-state index < -0.39 is 0 Å². The van der Waals surface area contributed by atoms with Gasteiger partial charge in [-0.2, -0.15) is 11.8 Å². The fourth-order valence-electron chi connectivity index (χ4n) is 2.51. The highest BCUT2D eigenvalue weighted by Gasteiger charge is 2.25. The minimum Gasteiger partial charge on any atom is -0.353 e. The van der Waals surface area contributed by atoms with Crippen LogP contribution in [0.3, 0.4) is 0 Å². The van der Waals surface area contributed by atoms with Crippen LogP contribution in [0.15, 0.2) is 24.5 Å². The molecule has 0 bridgehead atoms. The van der Waals surface area contributed by atoms with Gasteiger partial charge in [-0.25, -0.2) is 9.97 Å². The first kappa shape index (κ1) is 11.7. The van der Waals surface area contributed by atoms with Crippen LogP contribution in [0.25, 0.3) is 11.2 Å². The van der Waals surface area contributed by atoms with Crippen molar-refractivity contribution in [1.29, 1.82) is 0 Å². The van der Waals surface area contributed by atoms with Crippen molar-refractivity contribution in [2.24, 2.45) is 0 Å². The Morgan fingerprint density at radius 3 is 3.11 bits per heavy atom. The average Bonchev–Trinajstić information content (AvgIpc) is 2.87. The number of thioether (sulfide) groups is 1. The van der Waals surface area contributed by atoms with Crippen molar-refractivity contribution in [1.82, 2.24) is 15.0 Å². The second-order valence-corrected chi connectivity index (χ2v) is 5.42. The molecule has 1 fully saturated rings.